The van der Waals surface area contributed by atoms with Crippen molar-refractivity contribution in [3.8, 4) is 0 Å². The Morgan fingerprint density at radius 3 is 2.33 bits per heavy atom. The largest absolute Gasteiger partial charge is 0.469 e. The summed E-state index contributed by atoms with van der Waals surface area (Å²) in [5.41, 5.74) is -1.67. The Hall–Kier alpha value is -2.08. The van der Waals surface area contributed by atoms with E-state index in [1.54, 1.807) is 30.3 Å². The van der Waals surface area contributed by atoms with Crippen LogP contribution in [-0.2, 0) is 19.1 Å². The zero-order valence-corrected chi connectivity index (χ0v) is 10.2. The van der Waals surface area contributed by atoms with Gasteiger partial charge in [0.05, 0.1) is 14.2 Å². The summed E-state index contributed by atoms with van der Waals surface area (Å²) < 4.78 is 8.91. The van der Waals surface area contributed by atoms with Crippen LogP contribution < -0.4 is 5.32 Å². The fraction of sp³-hybridized carbons (Fsp3) is 0.333. The molecule has 1 atom stereocenters. The van der Waals surface area contributed by atoms with Crippen molar-refractivity contribution in [1.29, 1.82) is 0 Å². The summed E-state index contributed by atoms with van der Waals surface area (Å²) in [4.78, 5) is 22.8. The number of esters is 2. The maximum atomic E-state index is 11.5. The lowest BCUT2D eigenvalue weighted by Crippen LogP contribution is -2.49. The van der Waals surface area contributed by atoms with Gasteiger partial charge in [-0.2, -0.15) is 0 Å². The van der Waals surface area contributed by atoms with Crippen molar-refractivity contribution in [3.05, 3.63) is 30.3 Å². The highest BCUT2D eigenvalue weighted by Gasteiger charge is 2.40. The SMILES string of the molecule is COC(=O)CC(O)(Nc1ccccc1)C(=O)OC. The van der Waals surface area contributed by atoms with Gasteiger partial charge in [-0.15, -0.1) is 0 Å². The third kappa shape index (κ3) is 3.46. The van der Waals surface area contributed by atoms with Crippen LogP contribution in [-0.4, -0.2) is 37.0 Å². The van der Waals surface area contributed by atoms with Gasteiger partial charge in [0.2, 0.25) is 5.72 Å². The fourth-order valence-corrected chi connectivity index (χ4v) is 1.38. The molecule has 0 aliphatic heterocycles. The quantitative estimate of drug-likeness (QED) is 0.588. The molecule has 98 valence electrons. The highest BCUT2D eigenvalue weighted by Crippen LogP contribution is 2.18. The molecule has 6 heteroatoms. The van der Waals surface area contributed by atoms with Gasteiger partial charge in [-0.05, 0) is 12.1 Å². The van der Waals surface area contributed by atoms with E-state index in [2.05, 4.69) is 14.8 Å². The van der Waals surface area contributed by atoms with E-state index in [1.807, 2.05) is 0 Å². The molecule has 18 heavy (non-hydrogen) atoms. The average molecular weight is 253 g/mol. The van der Waals surface area contributed by atoms with Crippen LogP contribution in [0.5, 0.6) is 0 Å². The number of aliphatic hydroxyl groups is 1. The summed E-state index contributed by atoms with van der Waals surface area (Å²) in [7, 11) is 2.29. The molecule has 0 aromatic heterocycles. The minimum absolute atomic E-state index is 0.481. The van der Waals surface area contributed by atoms with Crippen molar-refractivity contribution >= 4 is 17.6 Å². The zero-order valence-electron chi connectivity index (χ0n) is 10.2. The molecule has 1 rings (SSSR count). The Labute approximate surface area is 105 Å². The smallest absolute Gasteiger partial charge is 0.359 e. The van der Waals surface area contributed by atoms with Crippen LogP contribution >= 0.6 is 0 Å². The second kappa shape index (κ2) is 6.02. The zero-order chi connectivity index (χ0) is 13.6. The Balaban J connectivity index is 2.91. The monoisotopic (exact) mass is 253 g/mol. The number of carbonyl (C=O) groups is 2. The molecule has 0 radical (unpaired) electrons. The van der Waals surface area contributed by atoms with Gasteiger partial charge in [0.25, 0.3) is 0 Å². The summed E-state index contributed by atoms with van der Waals surface area (Å²) in [6, 6.07) is 8.51. The maximum absolute atomic E-state index is 11.5. The van der Waals surface area contributed by atoms with E-state index >= 15 is 0 Å². The number of hydrogen-bond donors (Lipinski definition) is 2. The molecule has 0 amide bonds. The van der Waals surface area contributed by atoms with Gasteiger partial charge in [-0.1, -0.05) is 18.2 Å². The van der Waals surface area contributed by atoms with Crippen molar-refractivity contribution in [2.45, 2.75) is 12.1 Å². The van der Waals surface area contributed by atoms with Crippen molar-refractivity contribution < 1.29 is 24.2 Å². The molecule has 0 heterocycles. The van der Waals surface area contributed by atoms with Crippen molar-refractivity contribution in [2.75, 3.05) is 19.5 Å². The average Bonchev–Trinajstić information content (AvgIpc) is 2.38. The summed E-state index contributed by atoms with van der Waals surface area (Å²) >= 11 is 0. The first-order chi connectivity index (χ1) is 8.51. The molecule has 0 spiro atoms. The van der Waals surface area contributed by atoms with Crippen LogP contribution in [0.3, 0.4) is 0 Å². The van der Waals surface area contributed by atoms with Gasteiger partial charge >= 0.3 is 11.9 Å². The minimum atomic E-state index is -2.15. The predicted octanol–water partition coefficient (Wildman–Crippen LogP) is 0.523. The van der Waals surface area contributed by atoms with E-state index in [0.717, 1.165) is 7.11 Å². The molecular weight excluding hydrogens is 238 g/mol. The molecule has 0 saturated carbocycles. The second-order valence-electron chi connectivity index (χ2n) is 3.60. The molecule has 0 aliphatic carbocycles. The van der Waals surface area contributed by atoms with Gasteiger partial charge in [0.15, 0.2) is 0 Å². The van der Waals surface area contributed by atoms with Crippen molar-refractivity contribution in [2.24, 2.45) is 0 Å². The topological polar surface area (TPSA) is 84.9 Å². The minimum Gasteiger partial charge on any atom is -0.469 e. The first-order valence-electron chi connectivity index (χ1n) is 5.22. The van der Waals surface area contributed by atoms with Crippen molar-refractivity contribution in [1.82, 2.24) is 0 Å². The number of hydrogen-bond acceptors (Lipinski definition) is 6. The first-order valence-corrected chi connectivity index (χ1v) is 5.22. The first kappa shape index (κ1) is 14.0. The number of rotatable bonds is 5. The van der Waals surface area contributed by atoms with Crippen LogP contribution in [0.25, 0.3) is 0 Å². The lowest BCUT2D eigenvalue weighted by Gasteiger charge is -2.26. The van der Waals surface area contributed by atoms with E-state index < -0.39 is 24.1 Å². The molecule has 0 aliphatic rings. The van der Waals surface area contributed by atoms with Gasteiger partial charge in [-0.25, -0.2) is 4.79 Å². The summed E-state index contributed by atoms with van der Waals surface area (Å²) in [6.07, 6.45) is -0.551. The second-order valence-corrected chi connectivity index (χ2v) is 3.60. The molecule has 1 unspecified atom stereocenters. The standard InChI is InChI=1S/C12H15NO5/c1-17-10(14)8-12(16,11(15)18-2)13-9-6-4-3-5-7-9/h3-7,13,16H,8H2,1-2H3. The van der Waals surface area contributed by atoms with Gasteiger partial charge in [0.1, 0.15) is 6.42 Å². The Bertz CT molecular complexity index is 420. The molecule has 1 aromatic rings. The third-order valence-corrected chi connectivity index (χ3v) is 2.28. The molecule has 0 saturated heterocycles. The lowest BCUT2D eigenvalue weighted by atomic mass is 10.1. The number of methoxy groups -OCH3 is 2. The number of ether oxygens (including phenoxy) is 2. The van der Waals surface area contributed by atoms with Crippen LogP contribution in [0, 0.1) is 0 Å². The van der Waals surface area contributed by atoms with E-state index in [4.69, 9.17) is 0 Å². The van der Waals surface area contributed by atoms with E-state index in [1.165, 1.54) is 7.11 Å². The highest BCUT2D eigenvalue weighted by molar-refractivity contribution is 5.88. The van der Waals surface area contributed by atoms with Crippen LogP contribution in [0.15, 0.2) is 30.3 Å². The van der Waals surface area contributed by atoms with E-state index in [9.17, 15) is 14.7 Å². The number of carbonyl (C=O) groups excluding carboxylic acids is 2. The van der Waals surface area contributed by atoms with Crippen molar-refractivity contribution in [3.63, 3.8) is 0 Å². The predicted molar refractivity (Wildman–Crippen MR) is 63.7 cm³/mol. The van der Waals surface area contributed by atoms with Crippen LogP contribution in [0.1, 0.15) is 6.42 Å². The van der Waals surface area contributed by atoms with Gasteiger partial charge < -0.3 is 19.9 Å². The number of para-hydroxylation sites is 1. The highest BCUT2D eigenvalue weighted by atomic mass is 16.5. The molecule has 0 fully saturated rings. The van der Waals surface area contributed by atoms with Crippen LogP contribution in [0.2, 0.25) is 0 Å². The number of anilines is 1. The van der Waals surface area contributed by atoms with E-state index in [-0.39, 0.29) is 0 Å². The number of nitrogens with one attached hydrogen (secondary N) is 1. The fourth-order valence-electron chi connectivity index (χ4n) is 1.38. The van der Waals surface area contributed by atoms with Crippen LogP contribution in [0.4, 0.5) is 5.69 Å². The molecule has 6 nitrogen and oxygen atoms in total. The van der Waals surface area contributed by atoms with Gasteiger partial charge in [0, 0.05) is 5.69 Å². The summed E-state index contributed by atoms with van der Waals surface area (Å²) in [6.45, 7) is 0. The molecule has 2 N–H and O–H groups in total. The molecule has 0 bridgehead atoms. The summed E-state index contributed by atoms with van der Waals surface area (Å²) in [5.74, 6) is -1.69. The Kier molecular flexibility index (Phi) is 4.67. The summed E-state index contributed by atoms with van der Waals surface area (Å²) in [5, 5.41) is 12.7. The normalized spacial score (nSPS) is 13.3. The third-order valence-electron chi connectivity index (χ3n) is 2.28. The van der Waals surface area contributed by atoms with E-state index in [0.29, 0.717) is 5.69 Å². The lowest BCUT2D eigenvalue weighted by molar-refractivity contribution is -0.166. The molecular formula is C12H15NO5. The Morgan fingerprint density at radius 2 is 1.83 bits per heavy atom. The Morgan fingerprint density at radius 1 is 1.22 bits per heavy atom. The number of benzene rings is 1. The molecule has 1 aromatic carbocycles. The van der Waals surface area contributed by atoms with Gasteiger partial charge in [-0.3, -0.25) is 4.79 Å². The maximum Gasteiger partial charge on any atom is 0.359 e.